The van der Waals surface area contributed by atoms with Gasteiger partial charge >= 0.3 is 5.97 Å². The van der Waals surface area contributed by atoms with Crippen LogP contribution in [0.2, 0.25) is 5.02 Å². The van der Waals surface area contributed by atoms with Gasteiger partial charge in [-0.15, -0.1) is 0 Å². The zero-order chi connectivity index (χ0) is 14.0. The van der Waals surface area contributed by atoms with Gasteiger partial charge in [-0.3, -0.25) is 0 Å². The standard InChI is InChI=1S/C14H17ClN2O2/c1-10(2)16-5-7-17(8-6-16)13-4-3-11(14(18)19)9-12(13)15/h3-4,9H,1,5-8H2,2H3,(H,18,19). The number of carboxylic acids is 1. The van der Waals surface area contributed by atoms with Gasteiger partial charge in [-0.05, 0) is 25.1 Å². The van der Waals surface area contributed by atoms with Gasteiger partial charge in [0.25, 0.3) is 0 Å². The first-order valence-electron chi connectivity index (χ1n) is 6.17. The Morgan fingerprint density at radius 2 is 1.95 bits per heavy atom. The average molecular weight is 281 g/mol. The van der Waals surface area contributed by atoms with Gasteiger partial charge in [0.05, 0.1) is 16.3 Å². The Balaban J connectivity index is 2.11. The predicted octanol–water partition coefficient (Wildman–Crippen LogP) is 2.69. The van der Waals surface area contributed by atoms with Gasteiger partial charge in [-0.2, -0.15) is 0 Å². The summed E-state index contributed by atoms with van der Waals surface area (Å²) in [6.45, 7) is 9.48. The van der Waals surface area contributed by atoms with E-state index in [0.717, 1.165) is 37.6 Å². The molecule has 1 heterocycles. The van der Waals surface area contributed by atoms with Crippen LogP contribution in [-0.2, 0) is 0 Å². The lowest BCUT2D eigenvalue weighted by atomic mass is 10.1. The van der Waals surface area contributed by atoms with Crippen LogP contribution in [-0.4, -0.2) is 42.2 Å². The van der Waals surface area contributed by atoms with E-state index in [4.69, 9.17) is 16.7 Å². The highest BCUT2D eigenvalue weighted by atomic mass is 35.5. The molecule has 1 fully saturated rings. The molecule has 0 aliphatic carbocycles. The molecule has 5 heteroatoms. The van der Waals surface area contributed by atoms with Crippen molar-refractivity contribution in [2.75, 3.05) is 31.1 Å². The monoisotopic (exact) mass is 280 g/mol. The third-order valence-electron chi connectivity index (χ3n) is 3.35. The number of carbonyl (C=O) groups is 1. The summed E-state index contributed by atoms with van der Waals surface area (Å²) in [5.74, 6) is -0.958. The Morgan fingerprint density at radius 1 is 1.32 bits per heavy atom. The molecule has 1 N–H and O–H groups in total. The molecule has 1 aromatic rings. The summed E-state index contributed by atoms with van der Waals surface area (Å²) in [5.41, 5.74) is 2.19. The third-order valence-corrected chi connectivity index (χ3v) is 3.66. The van der Waals surface area contributed by atoms with E-state index >= 15 is 0 Å². The fourth-order valence-electron chi connectivity index (χ4n) is 2.23. The molecule has 0 bridgehead atoms. The van der Waals surface area contributed by atoms with E-state index in [9.17, 15) is 4.79 Å². The predicted molar refractivity (Wildman–Crippen MR) is 77.0 cm³/mol. The Hall–Kier alpha value is -1.68. The van der Waals surface area contributed by atoms with E-state index in [-0.39, 0.29) is 5.56 Å². The number of hydrogen-bond acceptors (Lipinski definition) is 3. The van der Waals surface area contributed by atoms with Gasteiger partial charge in [-0.25, -0.2) is 4.79 Å². The van der Waals surface area contributed by atoms with E-state index in [1.54, 1.807) is 12.1 Å². The lowest BCUT2D eigenvalue weighted by molar-refractivity contribution is 0.0697. The van der Waals surface area contributed by atoms with Crippen molar-refractivity contribution in [3.63, 3.8) is 0 Å². The average Bonchev–Trinajstić information content (AvgIpc) is 2.38. The molecular formula is C14H17ClN2O2. The number of allylic oxidation sites excluding steroid dienone is 1. The summed E-state index contributed by atoms with van der Waals surface area (Å²) in [6.07, 6.45) is 0. The van der Waals surface area contributed by atoms with Gasteiger partial charge in [0, 0.05) is 31.9 Å². The minimum Gasteiger partial charge on any atom is -0.478 e. The molecule has 1 aliphatic rings. The number of halogens is 1. The molecule has 0 atom stereocenters. The summed E-state index contributed by atoms with van der Waals surface area (Å²) in [7, 11) is 0. The van der Waals surface area contributed by atoms with Crippen LogP contribution < -0.4 is 4.90 Å². The van der Waals surface area contributed by atoms with Crippen LogP contribution in [0.3, 0.4) is 0 Å². The fourth-order valence-corrected chi connectivity index (χ4v) is 2.53. The van der Waals surface area contributed by atoms with E-state index in [2.05, 4.69) is 16.4 Å². The number of rotatable bonds is 3. The van der Waals surface area contributed by atoms with Crippen molar-refractivity contribution in [2.45, 2.75) is 6.92 Å². The number of aromatic carboxylic acids is 1. The minimum atomic E-state index is -0.958. The van der Waals surface area contributed by atoms with Crippen LogP contribution in [0.15, 0.2) is 30.5 Å². The number of hydrogen-bond donors (Lipinski definition) is 1. The maximum absolute atomic E-state index is 10.9. The second-order valence-corrected chi connectivity index (χ2v) is 5.09. The quantitative estimate of drug-likeness (QED) is 0.924. The number of anilines is 1. The van der Waals surface area contributed by atoms with E-state index in [0.29, 0.717) is 5.02 Å². The molecule has 0 radical (unpaired) electrons. The largest absolute Gasteiger partial charge is 0.478 e. The van der Waals surface area contributed by atoms with Gasteiger partial charge in [0.15, 0.2) is 0 Å². The highest BCUT2D eigenvalue weighted by molar-refractivity contribution is 6.33. The van der Waals surface area contributed by atoms with Crippen molar-refractivity contribution in [3.8, 4) is 0 Å². The van der Waals surface area contributed by atoms with Crippen LogP contribution in [0, 0.1) is 0 Å². The Kier molecular flexibility index (Phi) is 4.00. The van der Waals surface area contributed by atoms with Crippen molar-refractivity contribution in [2.24, 2.45) is 0 Å². The Morgan fingerprint density at radius 3 is 2.42 bits per heavy atom. The van der Waals surface area contributed by atoms with Crippen molar-refractivity contribution in [1.29, 1.82) is 0 Å². The summed E-state index contributed by atoms with van der Waals surface area (Å²) < 4.78 is 0. The molecule has 2 rings (SSSR count). The van der Waals surface area contributed by atoms with Gasteiger partial charge < -0.3 is 14.9 Å². The topological polar surface area (TPSA) is 43.8 Å². The first-order valence-corrected chi connectivity index (χ1v) is 6.55. The van der Waals surface area contributed by atoms with Crippen molar-refractivity contribution in [1.82, 2.24) is 4.90 Å². The van der Waals surface area contributed by atoms with Crippen molar-refractivity contribution < 1.29 is 9.90 Å². The normalized spacial score (nSPS) is 15.5. The van der Waals surface area contributed by atoms with E-state index < -0.39 is 5.97 Å². The number of nitrogens with zero attached hydrogens (tertiary/aromatic N) is 2. The summed E-state index contributed by atoms with van der Waals surface area (Å²) in [5, 5.41) is 9.41. The number of carboxylic acid groups (broad SMARTS) is 1. The molecule has 1 aromatic carbocycles. The molecule has 102 valence electrons. The summed E-state index contributed by atoms with van der Waals surface area (Å²) >= 11 is 6.17. The zero-order valence-electron chi connectivity index (χ0n) is 10.9. The van der Waals surface area contributed by atoms with E-state index in [1.807, 2.05) is 6.92 Å². The van der Waals surface area contributed by atoms with Gasteiger partial charge in [-0.1, -0.05) is 18.2 Å². The number of benzene rings is 1. The summed E-state index contributed by atoms with van der Waals surface area (Å²) in [6, 6.07) is 4.88. The summed E-state index contributed by atoms with van der Waals surface area (Å²) in [4.78, 5) is 15.3. The van der Waals surface area contributed by atoms with Crippen molar-refractivity contribution >= 4 is 23.3 Å². The van der Waals surface area contributed by atoms with Crippen LogP contribution in [0.4, 0.5) is 5.69 Å². The second kappa shape index (κ2) is 5.53. The Labute approximate surface area is 117 Å². The molecule has 19 heavy (non-hydrogen) atoms. The molecule has 1 saturated heterocycles. The maximum atomic E-state index is 10.9. The van der Waals surface area contributed by atoms with Crippen LogP contribution in [0.25, 0.3) is 0 Å². The molecule has 0 saturated carbocycles. The van der Waals surface area contributed by atoms with E-state index in [1.165, 1.54) is 6.07 Å². The van der Waals surface area contributed by atoms with Crippen LogP contribution in [0.1, 0.15) is 17.3 Å². The zero-order valence-corrected chi connectivity index (χ0v) is 11.7. The van der Waals surface area contributed by atoms with Gasteiger partial charge in [0.1, 0.15) is 0 Å². The fraction of sp³-hybridized carbons (Fsp3) is 0.357. The second-order valence-electron chi connectivity index (χ2n) is 4.68. The number of piperazine rings is 1. The van der Waals surface area contributed by atoms with Crippen LogP contribution >= 0.6 is 11.6 Å². The smallest absolute Gasteiger partial charge is 0.335 e. The third kappa shape index (κ3) is 3.01. The first-order chi connectivity index (χ1) is 8.99. The van der Waals surface area contributed by atoms with Crippen molar-refractivity contribution in [3.05, 3.63) is 41.1 Å². The highest BCUT2D eigenvalue weighted by Crippen LogP contribution is 2.28. The molecular weight excluding hydrogens is 264 g/mol. The molecule has 1 aliphatic heterocycles. The highest BCUT2D eigenvalue weighted by Gasteiger charge is 2.19. The maximum Gasteiger partial charge on any atom is 0.335 e. The molecule has 4 nitrogen and oxygen atoms in total. The van der Waals surface area contributed by atoms with Gasteiger partial charge in [0.2, 0.25) is 0 Å². The minimum absolute atomic E-state index is 0.217. The SMILES string of the molecule is C=C(C)N1CCN(c2ccc(C(=O)O)cc2Cl)CC1. The molecule has 0 amide bonds. The van der Waals surface area contributed by atoms with Crippen LogP contribution in [0.5, 0.6) is 0 Å². The lowest BCUT2D eigenvalue weighted by Gasteiger charge is -2.37. The molecule has 0 aromatic heterocycles. The molecule has 0 unspecified atom stereocenters. The lowest BCUT2D eigenvalue weighted by Crippen LogP contribution is -2.45. The Bertz CT molecular complexity index is 508. The molecule has 0 spiro atoms. The first kappa shape index (κ1) is 13.7.